The van der Waals surface area contributed by atoms with Crippen LogP contribution < -0.4 is 0 Å². The number of benzene rings is 5. The van der Waals surface area contributed by atoms with Crippen LogP contribution in [0.3, 0.4) is 0 Å². The van der Waals surface area contributed by atoms with Gasteiger partial charge in [-0.1, -0.05) is 112 Å². The Bertz CT molecular complexity index is 1610. The molecule has 3 nitrogen and oxygen atoms in total. The van der Waals surface area contributed by atoms with Crippen LogP contribution in [-0.4, -0.2) is 9.78 Å². The first-order valence-corrected chi connectivity index (χ1v) is 17.0. The molecule has 257 valence electrons. The Morgan fingerprint density at radius 2 is 0.960 bits per heavy atom. The number of hydrogen-bond donors (Lipinski definition) is 0. The minimum atomic E-state index is -0.000278. The van der Waals surface area contributed by atoms with Gasteiger partial charge in [0.05, 0.1) is 0 Å². The molecule has 0 saturated heterocycles. The van der Waals surface area contributed by atoms with E-state index in [1.54, 1.807) is 0 Å². The van der Waals surface area contributed by atoms with E-state index in [0.717, 1.165) is 40.2 Å². The van der Waals surface area contributed by atoms with Crippen LogP contribution in [-0.2, 0) is 39.7 Å². The molecule has 0 spiro atoms. The Morgan fingerprint density at radius 1 is 0.580 bits per heavy atom. The first-order valence-electron chi connectivity index (χ1n) is 17.0. The molecule has 0 aliphatic heterocycles. The van der Waals surface area contributed by atoms with E-state index in [4.69, 9.17) is 10.4 Å². The summed E-state index contributed by atoms with van der Waals surface area (Å²) >= 11 is 0. The second-order valence-electron chi connectivity index (χ2n) is 12.7. The summed E-state index contributed by atoms with van der Waals surface area (Å²) in [6.45, 7) is 22.2. The molecule has 6 rings (SSSR count). The SMILES string of the molecule is Cc1cc(C(Cc2ccccc2)[N-]c2c(C(C)C)cccc2C(C)C)nn1C.[CH2-]c1ccccc1.[CH2-]c1ccccc1.[CH2-]c1ccccc1.[Zr+3]. The molecule has 0 aliphatic carbocycles. The van der Waals surface area contributed by atoms with Gasteiger partial charge in [0, 0.05) is 18.4 Å². The predicted molar refractivity (Wildman–Crippen MR) is 211 cm³/mol. The molecule has 0 N–H and O–H groups in total. The van der Waals surface area contributed by atoms with Crippen LogP contribution in [0, 0.1) is 27.7 Å². The fourth-order valence-electron chi connectivity index (χ4n) is 5.06. The van der Waals surface area contributed by atoms with Crippen LogP contribution in [0.4, 0.5) is 5.69 Å². The molecule has 50 heavy (non-hydrogen) atoms. The third kappa shape index (κ3) is 14.6. The fourth-order valence-corrected chi connectivity index (χ4v) is 5.06. The summed E-state index contributed by atoms with van der Waals surface area (Å²) in [6.07, 6.45) is 0.848. The molecule has 0 aliphatic rings. The van der Waals surface area contributed by atoms with Crippen molar-refractivity contribution in [2.24, 2.45) is 7.05 Å². The molecule has 1 aromatic heterocycles. The van der Waals surface area contributed by atoms with Crippen LogP contribution >= 0.6 is 0 Å². The molecular weight excluding hydrogens is 686 g/mol. The molecular formula is C46H53N3Zr-. The summed E-state index contributed by atoms with van der Waals surface area (Å²) in [6, 6.07) is 49.0. The molecule has 0 amide bonds. The number of para-hydroxylation sites is 1. The van der Waals surface area contributed by atoms with Gasteiger partial charge in [0.25, 0.3) is 0 Å². The molecule has 1 unspecified atom stereocenters. The van der Waals surface area contributed by atoms with Crippen LogP contribution in [0.25, 0.3) is 5.32 Å². The van der Waals surface area contributed by atoms with Crippen LogP contribution in [0.1, 0.15) is 90.3 Å². The average molecular weight is 739 g/mol. The summed E-state index contributed by atoms with van der Waals surface area (Å²) in [7, 11) is 2.00. The molecule has 5 aromatic carbocycles. The third-order valence-corrected chi connectivity index (χ3v) is 7.90. The van der Waals surface area contributed by atoms with Gasteiger partial charge in [0.15, 0.2) is 0 Å². The maximum absolute atomic E-state index is 5.35. The van der Waals surface area contributed by atoms with E-state index in [2.05, 4.69) is 110 Å². The number of rotatable bonds is 7. The predicted octanol–water partition coefficient (Wildman–Crippen LogP) is 12.6. The van der Waals surface area contributed by atoms with Crippen molar-refractivity contribution < 1.29 is 26.2 Å². The van der Waals surface area contributed by atoms with Gasteiger partial charge in [0.2, 0.25) is 0 Å². The zero-order valence-electron chi connectivity index (χ0n) is 30.8. The summed E-state index contributed by atoms with van der Waals surface area (Å²) in [5.41, 5.74) is 10.5. The standard InChI is InChI=1S/C25H32N3.3C7H7.Zr/c1-17(2)21-13-10-14-22(18(3)4)25(21)26-23(16-20-11-8-7-9-12-20)24-15-19(5)28(6)27-24;3*1-7-5-3-2-4-6-7;/h7-15,17-18,23H,16H2,1-6H3;3*2-6H,1H2;/q4*-1;+3. The van der Waals surface area contributed by atoms with E-state index < -0.39 is 0 Å². The normalized spacial score (nSPS) is 10.6. The van der Waals surface area contributed by atoms with Crippen molar-refractivity contribution in [1.29, 1.82) is 0 Å². The number of aromatic nitrogens is 2. The van der Waals surface area contributed by atoms with E-state index in [1.807, 2.05) is 103 Å². The van der Waals surface area contributed by atoms with Crippen LogP contribution in [0.5, 0.6) is 0 Å². The number of nitrogens with zero attached hydrogens (tertiary/aromatic N) is 3. The zero-order chi connectivity index (χ0) is 35.6. The van der Waals surface area contributed by atoms with E-state index >= 15 is 0 Å². The molecule has 0 saturated carbocycles. The summed E-state index contributed by atoms with van der Waals surface area (Å²) in [4.78, 5) is 0. The van der Waals surface area contributed by atoms with E-state index in [9.17, 15) is 0 Å². The van der Waals surface area contributed by atoms with Crippen molar-refractivity contribution in [3.63, 3.8) is 0 Å². The summed E-state index contributed by atoms with van der Waals surface area (Å²) in [5, 5.41) is 10.1. The molecule has 0 bridgehead atoms. The Labute approximate surface area is 322 Å². The maximum atomic E-state index is 5.35. The van der Waals surface area contributed by atoms with Gasteiger partial charge in [-0.2, -0.15) is 79.0 Å². The Kier molecular flexibility index (Phi) is 18.7. The van der Waals surface area contributed by atoms with E-state index in [-0.39, 0.29) is 32.2 Å². The number of aryl methyl sites for hydroxylation is 2. The van der Waals surface area contributed by atoms with Gasteiger partial charge in [-0.25, -0.2) is 0 Å². The van der Waals surface area contributed by atoms with Gasteiger partial charge in [-0.05, 0) is 36.8 Å². The van der Waals surface area contributed by atoms with E-state index in [1.165, 1.54) is 16.7 Å². The van der Waals surface area contributed by atoms with Gasteiger partial charge in [-0.3, -0.25) is 4.68 Å². The molecule has 6 aromatic rings. The quantitative estimate of drug-likeness (QED) is 0.150. The monoisotopic (exact) mass is 737 g/mol. The Hall–Kier alpha value is -4.40. The molecule has 0 fully saturated rings. The summed E-state index contributed by atoms with van der Waals surface area (Å²) in [5.74, 6) is 0.862. The van der Waals surface area contributed by atoms with E-state index in [0.29, 0.717) is 11.8 Å². The third-order valence-electron chi connectivity index (χ3n) is 7.90. The second kappa shape index (κ2) is 22.3. The Morgan fingerprint density at radius 3 is 1.26 bits per heavy atom. The topological polar surface area (TPSA) is 31.9 Å². The van der Waals surface area contributed by atoms with Gasteiger partial charge in [0.1, 0.15) is 0 Å². The second-order valence-corrected chi connectivity index (χ2v) is 12.7. The molecule has 1 heterocycles. The van der Waals surface area contributed by atoms with Crippen LogP contribution in [0.15, 0.2) is 146 Å². The minimum absolute atomic E-state index is 0. The fraction of sp³-hybridized carbons (Fsp3) is 0.217. The largest absolute Gasteiger partial charge is 3.00 e. The maximum Gasteiger partial charge on any atom is 3.00 e. The van der Waals surface area contributed by atoms with Gasteiger partial charge >= 0.3 is 26.2 Å². The first kappa shape index (κ1) is 41.8. The van der Waals surface area contributed by atoms with Crippen molar-refractivity contribution in [2.45, 2.75) is 58.9 Å². The first-order chi connectivity index (χ1) is 23.5. The van der Waals surface area contributed by atoms with Gasteiger partial charge < -0.3 is 5.32 Å². The van der Waals surface area contributed by atoms with Crippen molar-refractivity contribution in [1.82, 2.24) is 9.78 Å². The van der Waals surface area contributed by atoms with Crippen molar-refractivity contribution in [3.05, 3.63) is 216 Å². The average Bonchev–Trinajstić information content (AvgIpc) is 3.44. The van der Waals surface area contributed by atoms with Crippen molar-refractivity contribution in [2.75, 3.05) is 0 Å². The smallest absolute Gasteiger partial charge is 0.676 e. The van der Waals surface area contributed by atoms with Gasteiger partial charge in [-0.15, -0.1) is 42.1 Å². The minimum Gasteiger partial charge on any atom is -0.676 e. The molecule has 1 radical (unpaired) electrons. The zero-order valence-corrected chi connectivity index (χ0v) is 33.2. The van der Waals surface area contributed by atoms with Crippen molar-refractivity contribution in [3.8, 4) is 0 Å². The Balaban J connectivity index is 0.000000315. The van der Waals surface area contributed by atoms with Crippen LogP contribution in [0.2, 0.25) is 0 Å². The molecule has 1 atom stereocenters. The van der Waals surface area contributed by atoms with Crippen molar-refractivity contribution >= 4 is 5.69 Å². The number of hydrogen-bond acceptors (Lipinski definition) is 1. The summed E-state index contributed by atoms with van der Waals surface area (Å²) < 4.78 is 1.94. The molecule has 4 heteroatoms.